The highest BCUT2D eigenvalue weighted by atomic mass is 16.5. The maximum Gasteiger partial charge on any atom is 0.306 e. The number of aromatic hydroxyl groups is 1. The normalized spacial score (nSPS) is 31.1. The first kappa shape index (κ1) is 26.4. The Bertz CT molecular complexity index is 1280. The summed E-state index contributed by atoms with van der Waals surface area (Å²) >= 11 is 0. The van der Waals surface area contributed by atoms with Crippen LogP contribution in [0.1, 0.15) is 43.7 Å². The minimum atomic E-state index is -2.94. The SMILES string of the molecule is CCCC(=O)O[C@H]1[C@H]2C(=C(O)c3c(O)cccc3[C@@H]2C)C(=O)[C@]2(O)C(O)=C(C(N)=O)C(=O)[C@@H](N(C)C)[C@H]12. The number of likely N-dealkylation sites (N-methyl/N-ethyl adjacent to an activating group) is 1. The van der Waals surface area contributed by atoms with Crippen molar-refractivity contribution in [2.75, 3.05) is 14.1 Å². The Morgan fingerprint density at radius 3 is 2.38 bits per heavy atom. The molecule has 0 aromatic heterocycles. The van der Waals surface area contributed by atoms with Gasteiger partial charge in [-0.2, -0.15) is 0 Å². The van der Waals surface area contributed by atoms with Crippen molar-refractivity contribution in [1.29, 1.82) is 0 Å². The molecule has 0 unspecified atom stereocenters. The molecule has 1 aromatic rings. The summed E-state index contributed by atoms with van der Waals surface area (Å²) in [5.74, 6) is -9.62. The van der Waals surface area contributed by atoms with E-state index in [-0.39, 0.29) is 17.7 Å². The van der Waals surface area contributed by atoms with E-state index in [4.69, 9.17) is 10.5 Å². The molecule has 0 heterocycles. The Morgan fingerprint density at radius 2 is 1.81 bits per heavy atom. The van der Waals surface area contributed by atoms with Crippen LogP contribution in [0.3, 0.4) is 0 Å². The highest BCUT2D eigenvalue weighted by Gasteiger charge is 2.69. The second-order valence-corrected chi connectivity index (χ2v) is 10.0. The minimum absolute atomic E-state index is 0.00592. The van der Waals surface area contributed by atoms with Crippen LogP contribution in [0.2, 0.25) is 0 Å². The van der Waals surface area contributed by atoms with Crippen LogP contribution in [0, 0.1) is 11.8 Å². The summed E-state index contributed by atoms with van der Waals surface area (Å²) in [5, 5.41) is 44.7. The highest BCUT2D eigenvalue weighted by Crippen LogP contribution is 2.56. The topological polar surface area (TPSA) is 188 Å². The minimum Gasteiger partial charge on any atom is -0.508 e. The van der Waals surface area contributed by atoms with Crippen LogP contribution in [-0.2, 0) is 23.9 Å². The number of esters is 1. The van der Waals surface area contributed by atoms with Crippen molar-refractivity contribution in [3.05, 3.63) is 46.2 Å². The summed E-state index contributed by atoms with van der Waals surface area (Å²) < 4.78 is 5.83. The lowest BCUT2D eigenvalue weighted by Gasteiger charge is -2.54. The second kappa shape index (κ2) is 9.00. The Kier molecular flexibility index (Phi) is 6.41. The number of ketones is 2. The lowest BCUT2D eigenvalue weighted by molar-refractivity contribution is -0.185. The molecule has 3 aliphatic carbocycles. The molecule has 1 fully saturated rings. The van der Waals surface area contributed by atoms with Gasteiger partial charge in [0.15, 0.2) is 11.4 Å². The first-order chi connectivity index (χ1) is 17.3. The molecule has 11 nitrogen and oxygen atoms in total. The van der Waals surface area contributed by atoms with E-state index in [9.17, 15) is 39.6 Å². The van der Waals surface area contributed by atoms with Gasteiger partial charge in [0, 0.05) is 17.9 Å². The molecule has 0 saturated heterocycles. The number of benzene rings is 1. The van der Waals surface area contributed by atoms with Crippen molar-refractivity contribution >= 4 is 29.2 Å². The average molecular weight is 515 g/mol. The number of ether oxygens (including phenoxy) is 1. The summed E-state index contributed by atoms with van der Waals surface area (Å²) in [6.45, 7) is 3.45. The van der Waals surface area contributed by atoms with E-state index in [0.717, 1.165) is 0 Å². The van der Waals surface area contributed by atoms with Gasteiger partial charge in [-0.1, -0.05) is 26.0 Å². The fraction of sp³-hybridized carbons (Fsp3) is 0.462. The molecule has 1 saturated carbocycles. The number of amides is 1. The lowest BCUT2D eigenvalue weighted by atomic mass is 9.54. The largest absolute Gasteiger partial charge is 0.508 e. The first-order valence-corrected chi connectivity index (χ1v) is 12.0. The zero-order valence-corrected chi connectivity index (χ0v) is 20.9. The van der Waals surface area contributed by atoms with Crippen LogP contribution in [0.4, 0.5) is 0 Å². The van der Waals surface area contributed by atoms with E-state index in [1.165, 1.54) is 25.1 Å². The number of primary amides is 1. The van der Waals surface area contributed by atoms with Crippen LogP contribution in [0.15, 0.2) is 35.1 Å². The number of aliphatic hydroxyl groups excluding tert-OH is 2. The third-order valence-corrected chi connectivity index (χ3v) is 7.69. The van der Waals surface area contributed by atoms with Crippen molar-refractivity contribution in [3.8, 4) is 5.75 Å². The summed E-state index contributed by atoms with van der Waals surface area (Å²) in [6.07, 6.45) is -0.969. The van der Waals surface area contributed by atoms with Gasteiger partial charge in [-0.15, -0.1) is 0 Å². The van der Waals surface area contributed by atoms with Crippen LogP contribution >= 0.6 is 0 Å². The molecule has 0 bridgehead atoms. The Hall–Kier alpha value is -3.70. The van der Waals surface area contributed by atoms with Crippen LogP contribution < -0.4 is 5.73 Å². The number of hydrogen-bond donors (Lipinski definition) is 5. The summed E-state index contributed by atoms with van der Waals surface area (Å²) in [7, 11) is 2.94. The zero-order chi connectivity index (χ0) is 27.6. The number of rotatable bonds is 5. The number of nitrogens with zero attached hydrogens (tertiary/aromatic N) is 1. The second-order valence-electron chi connectivity index (χ2n) is 10.0. The third kappa shape index (κ3) is 3.56. The predicted molar refractivity (Wildman–Crippen MR) is 129 cm³/mol. The number of carbonyl (C=O) groups is 4. The number of aliphatic hydroxyl groups is 3. The summed E-state index contributed by atoms with van der Waals surface area (Å²) in [6, 6.07) is 3.12. The zero-order valence-electron chi connectivity index (χ0n) is 20.9. The van der Waals surface area contributed by atoms with Crippen LogP contribution in [0.5, 0.6) is 5.75 Å². The highest BCUT2D eigenvalue weighted by molar-refractivity contribution is 6.24. The molecule has 3 aliphatic rings. The van der Waals surface area contributed by atoms with E-state index >= 15 is 0 Å². The number of Topliss-reactive ketones (excluding diaryl/α,β-unsaturated/α-hetero) is 2. The van der Waals surface area contributed by atoms with Gasteiger partial charge in [0.2, 0.25) is 5.78 Å². The predicted octanol–water partition coefficient (Wildman–Crippen LogP) is 0.847. The number of hydrogen-bond acceptors (Lipinski definition) is 10. The molecule has 0 spiro atoms. The molecule has 0 radical (unpaired) electrons. The van der Waals surface area contributed by atoms with E-state index in [1.54, 1.807) is 26.0 Å². The van der Waals surface area contributed by atoms with Crippen LogP contribution in [0.25, 0.3) is 5.76 Å². The summed E-state index contributed by atoms with van der Waals surface area (Å²) in [4.78, 5) is 53.8. The molecule has 1 amide bonds. The molecular weight excluding hydrogens is 484 g/mol. The van der Waals surface area contributed by atoms with E-state index in [0.29, 0.717) is 12.0 Å². The van der Waals surface area contributed by atoms with E-state index < -0.39 is 81.6 Å². The monoisotopic (exact) mass is 514 g/mol. The van der Waals surface area contributed by atoms with Gasteiger partial charge >= 0.3 is 5.97 Å². The van der Waals surface area contributed by atoms with E-state index in [2.05, 4.69) is 0 Å². The number of carbonyl (C=O) groups excluding carboxylic acids is 4. The van der Waals surface area contributed by atoms with Gasteiger partial charge in [-0.3, -0.25) is 24.1 Å². The summed E-state index contributed by atoms with van der Waals surface area (Å²) in [5.41, 5.74) is 1.50. The standard InChI is InChI=1S/C26H30N2O9/c1-5-7-13(30)37-22-14-10(2)11-8-6-9-12(29)15(11)20(31)16(14)23(33)26(36)18(22)19(28(3)4)21(32)17(24(26)34)25(27)35/h6,8-10,14,18-19,22,29,31,34,36H,5,7H2,1-4H3,(H2,27,35)/t10-,14+,18+,19-,22-,26-/m0/s1. The molecule has 6 atom stereocenters. The molecular formula is C26H30N2O9. The smallest absolute Gasteiger partial charge is 0.306 e. The Labute approximate surface area is 212 Å². The Balaban J connectivity index is 2.09. The van der Waals surface area contributed by atoms with Crippen molar-refractivity contribution in [3.63, 3.8) is 0 Å². The van der Waals surface area contributed by atoms with Gasteiger partial charge < -0.3 is 30.9 Å². The number of nitrogens with two attached hydrogens (primary N) is 1. The van der Waals surface area contributed by atoms with Crippen molar-refractivity contribution in [2.45, 2.75) is 50.4 Å². The van der Waals surface area contributed by atoms with Gasteiger partial charge in [-0.25, -0.2) is 0 Å². The molecule has 0 aliphatic heterocycles. The molecule has 4 rings (SSSR count). The lowest BCUT2D eigenvalue weighted by Crippen LogP contribution is -2.71. The van der Waals surface area contributed by atoms with Crippen molar-refractivity contribution < 1.29 is 44.3 Å². The number of phenols is 1. The fourth-order valence-corrected chi connectivity index (χ4v) is 6.10. The molecule has 37 heavy (non-hydrogen) atoms. The average Bonchev–Trinajstić information content (AvgIpc) is 2.80. The maximum atomic E-state index is 14.0. The molecule has 6 N–H and O–H groups in total. The Morgan fingerprint density at radius 1 is 1.16 bits per heavy atom. The van der Waals surface area contributed by atoms with Gasteiger partial charge in [0.25, 0.3) is 5.91 Å². The number of phenolic OH excluding ortho intramolecular Hbond substituents is 1. The quantitative estimate of drug-likeness (QED) is 0.278. The molecule has 1 aromatic carbocycles. The fourth-order valence-electron chi connectivity index (χ4n) is 6.10. The third-order valence-electron chi connectivity index (χ3n) is 7.69. The van der Waals surface area contributed by atoms with Crippen molar-refractivity contribution in [2.24, 2.45) is 17.6 Å². The number of fused-ring (bicyclic) bond motifs is 3. The molecule has 198 valence electrons. The maximum absolute atomic E-state index is 14.0. The van der Waals surface area contributed by atoms with Crippen LogP contribution in [-0.4, -0.2) is 80.6 Å². The van der Waals surface area contributed by atoms with Crippen molar-refractivity contribution in [1.82, 2.24) is 4.90 Å². The first-order valence-electron chi connectivity index (χ1n) is 12.0. The van der Waals surface area contributed by atoms with Gasteiger partial charge in [0.05, 0.1) is 17.5 Å². The van der Waals surface area contributed by atoms with Gasteiger partial charge in [0.1, 0.15) is 28.9 Å². The van der Waals surface area contributed by atoms with E-state index in [1.807, 2.05) is 0 Å². The van der Waals surface area contributed by atoms with Gasteiger partial charge in [-0.05, 0) is 38.1 Å². The molecule has 11 heteroatoms.